The molecule has 0 fully saturated rings. The van der Waals surface area contributed by atoms with E-state index in [9.17, 15) is 14.4 Å². The number of nitrogens with one attached hydrogen (secondary N) is 1. The van der Waals surface area contributed by atoms with Crippen molar-refractivity contribution in [1.82, 2.24) is 5.43 Å². The van der Waals surface area contributed by atoms with E-state index in [2.05, 4.69) is 15.5 Å². The second kappa shape index (κ2) is 6.85. The van der Waals surface area contributed by atoms with Gasteiger partial charge in [0.1, 0.15) is 6.04 Å². The number of hydrogen-bond donors (Lipinski definition) is 1. The quantitative estimate of drug-likeness (QED) is 0.448. The zero-order valence-corrected chi connectivity index (χ0v) is 8.79. The van der Waals surface area contributed by atoms with Crippen molar-refractivity contribution in [3.8, 4) is 0 Å². The molecule has 0 saturated carbocycles. The van der Waals surface area contributed by atoms with Gasteiger partial charge in [-0.15, -0.1) is 4.99 Å². The van der Waals surface area contributed by atoms with E-state index in [1.165, 1.54) is 6.08 Å². The smallest absolute Gasteiger partial charge is 0.280 e. The van der Waals surface area contributed by atoms with Gasteiger partial charge < -0.3 is 0 Å². The molecule has 1 aromatic rings. The van der Waals surface area contributed by atoms with E-state index >= 15 is 0 Å². The van der Waals surface area contributed by atoms with Gasteiger partial charge >= 0.3 is 0 Å². The third-order valence-electron chi connectivity index (χ3n) is 2.00. The molecular weight excluding hydrogens is 222 g/mol. The molecule has 1 atom stereocenters. The molecule has 86 valence electrons. The van der Waals surface area contributed by atoms with Crippen LogP contribution < -0.4 is 5.43 Å². The number of aliphatic imine (C=N–C) groups is 1. The molecule has 0 spiro atoms. The van der Waals surface area contributed by atoms with Gasteiger partial charge in [0.25, 0.3) is 12.0 Å². The predicted molar refractivity (Wildman–Crippen MR) is 58.3 cm³/mol. The topological polar surface area (TPSA) is 88.0 Å². The maximum absolute atomic E-state index is 11.4. The summed E-state index contributed by atoms with van der Waals surface area (Å²) < 4.78 is 0. The summed E-state index contributed by atoms with van der Waals surface area (Å²) in [5, 5.41) is 3.11. The molecule has 17 heavy (non-hydrogen) atoms. The molecule has 0 aliphatic heterocycles. The molecule has 0 radical (unpaired) electrons. The number of benzene rings is 1. The maximum atomic E-state index is 11.4. The lowest BCUT2D eigenvalue weighted by molar-refractivity contribution is -0.119. The van der Waals surface area contributed by atoms with Crippen LogP contribution in [0.5, 0.6) is 0 Å². The molecule has 0 aliphatic carbocycles. The van der Waals surface area contributed by atoms with Crippen LogP contribution in [0.15, 0.2) is 40.4 Å². The Labute approximate surface area is 97.1 Å². The van der Waals surface area contributed by atoms with Crippen LogP contribution in [0.4, 0.5) is 0 Å². The van der Waals surface area contributed by atoms with E-state index in [4.69, 9.17) is 0 Å². The van der Waals surface area contributed by atoms with E-state index in [-0.39, 0.29) is 6.42 Å². The molecule has 6 heteroatoms. The van der Waals surface area contributed by atoms with Crippen LogP contribution in [0.25, 0.3) is 0 Å². The van der Waals surface area contributed by atoms with Gasteiger partial charge in [0.2, 0.25) is 6.08 Å². The Bertz CT molecular complexity index is 474. The third-order valence-corrected chi connectivity index (χ3v) is 2.00. The van der Waals surface area contributed by atoms with Gasteiger partial charge in [0, 0.05) is 6.42 Å². The first-order valence-electron chi connectivity index (χ1n) is 4.76. The van der Waals surface area contributed by atoms with Crippen molar-refractivity contribution in [2.24, 2.45) is 10.1 Å². The zero-order chi connectivity index (χ0) is 12.5. The van der Waals surface area contributed by atoms with E-state index in [1.807, 2.05) is 18.2 Å². The molecular formula is C11H9N3O3. The minimum absolute atomic E-state index is 0.260. The van der Waals surface area contributed by atoms with Crippen LogP contribution in [0, 0.1) is 0 Å². The predicted octanol–water partition coefficient (Wildman–Crippen LogP) is 0.300. The van der Waals surface area contributed by atoms with Gasteiger partial charge in [-0.3, -0.25) is 10.2 Å². The maximum Gasteiger partial charge on any atom is 0.280 e. The normalized spacial score (nSPS) is 10.6. The third kappa shape index (κ3) is 4.22. The summed E-state index contributed by atoms with van der Waals surface area (Å²) >= 11 is 0. The number of hydrazone groups is 1. The molecule has 1 rings (SSSR count). The first kappa shape index (κ1) is 12.5. The molecule has 0 aromatic heterocycles. The first-order valence-corrected chi connectivity index (χ1v) is 4.76. The van der Waals surface area contributed by atoms with Crippen LogP contribution in [0.2, 0.25) is 0 Å². The summed E-state index contributed by atoms with van der Waals surface area (Å²) in [5.74, 6) is -0.733. The van der Waals surface area contributed by atoms with Crippen LogP contribution in [0.3, 0.4) is 0 Å². The van der Waals surface area contributed by atoms with Crippen molar-refractivity contribution in [3.05, 3.63) is 35.9 Å². The summed E-state index contributed by atoms with van der Waals surface area (Å²) in [4.78, 5) is 34.3. The van der Waals surface area contributed by atoms with Gasteiger partial charge in [-0.05, 0) is 5.56 Å². The summed E-state index contributed by atoms with van der Waals surface area (Å²) in [7, 11) is 0. The second-order valence-corrected chi connectivity index (χ2v) is 3.12. The van der Waals surface area contributed by atoms with Crippen LogP contribution in [-0.2, 0) is 20.8 Å². The number of carbonyl (C=O) groups excluding carboxylic acids is 3. The summed E-state index contributed by atoms with van der Waals surface area (Å²) in [6.07, 6.45) is 2.67. The first-order chi connectivity index (χ1) is 8.27. The minimum atomic E-state index is -0.875. The molecule has 1 N–H and O–H groups in total. The molecule has 1 aromatic carbocycles. The lowest BCUT2D eigenvalue weighted by Gasteiger charge is -2.10. The molecule has 0 aliphatic rings. The van der Waals surface area contributed by atoms with Gasteiger partial charge in [0.15, 0.2) is 0 Å². The standard InChI is InChI=1S/C11H9N3O3/c15-7-12-11(17)10(14-13-8-16)6-9-4-2-1-3-5-9/h1-5,10,14H,6H2/t10-/m0/s1. The zero-order valence-electron chi connectivity index (χ0n) is 8.79. The van der Waals surface area contributed by atoms with Crippen molar-refractivity contribution < 1.29 is 14.4 Å². The Morgan fingerprint density at radius 1 is 1.24 bits per heavy atom. The molecule has 0 saturated heterocycles. The molecule has 0 unspecified atom stereocenters. The SMILES string of the molecule is O=C=NN[C@@H](Cc1ccccc1)C(=O)N=C=O. The Balaban J connectivity index is 2.80. The highest BCUT2D eigenvalue weighted by Gasteiger charge is 2.17. The largest absolute Gasteiger partial charge is 0.286 e. The van der Waals surface area contributed by atoms with Gasteiger partial charge in [-0.1, -0.05) is 35.4 Å². The fraction of sp³-hybridized carbons (Fsp3) is 0.182. The number of amides is 1. The fourth-order valence-electron chi connectivity index (χ4n) is 1.27. The molecule has 6 nitrogen and oxygen atoms in total. The van der Waals surface area contributed by atoms with Crippen molar-refractivity contribution in [1.29, 1.82) is 0 Å². The number of nitrogens with zero attached hydrogens (tertiary/aromatic N) is 2. The van der Waals surface area contributed by atoms with Crippen LogP contribution in [0.1, 0.15) is 5.56 Å². The molecule has 0 bridgehead atoms. The van der Waals surface area contributed by atoms with E-state index in [0.717, 1.165) is 11.6 Å². The average Bonchev–Trinajstić information content (AvgIpc) is 2.36. The minimum Gasteiger partial charge on any atom is -0.286 e. The van der Waals surface area contributed by atoms with Crippen LogP contribution in [-0.4, -0.2) is 24.1 Å². The Morgan fingerprint density at radius 3 is 2.53 bits per heavy atom. The average molecular weight is 231 g/mol. The highest BCUT2D eigenvalue weighted by Crippen LogP contribution is 2.04. The lowest BCUT2D eigenvalue weighted by atomic mass is 10.1. The van der Waals surface area contributed by atoms with Gasteiger partial charge in [-0.2, -0.15) is 0 Å². The molecule has 1 amide bonds. The van der Waals surface area contributed by atoms with Crippen molar-refractivity contribution in [2.45, 2.75) is 12.5 Å². The lowest BCUT2D eigenvalue weighted by Crippen LogP contribution is -2.34. The Morgan fingerprint density at radius 2 is 1.94 bits per heavy atom. The molecule has 0 heterocycles. The number of isocyanates is 2. The van der Waals surface area contributed by atoms with E-state index in [0.29, 0.717) is 0 Å². The Hall–Kier alpha value is -2.55. The number of hydrogen-bond acceptors (Lipinski definition) is 5. The van der Waals surface area contributed by atoms with Crippen molar-refractivity contribution >= 4 is 18.1 Å². The van der Waals surface area contributed by atoms with Crippen molar-refractivity contribution in [3.63, 3.8) is 0 Å². The van der Waals surface area contributed by atoms with E-state index < -0.39 is 11.9 Å². The summed E-state index contributed by atoms with van der Waals surface area (Å²) in [6, 6.07) is 8.18. The fourth-order valence-corrected chi connectivity index (χ4v) is 1.27. The van der Waals surface area contributed by atoms with Crippen molar-refractivity contribution in [2.75, 3.05) is 0 Å². The van der Waals surface area contributed by atoms with E-state index in [1.54, 1.807) is 12.1 Å². The Kier molecular flexibility index (Phi) is 5.04. The second-order valence-electron chi connectivity index (χ2n) is 3.12. The van der Waals surface area contributed by atoms with Gasteiger partial charge in [0.05, 0.1) is 0 Å². The summed E-state index contributed by atoms with van der Waals surface area (Å²) in [6.45, 7) is 0. The van der Waals surface area contributed by atoms with Crippen LogP contribution >= 0.6 is 0 Å². The highest BCUT2D eigenvalue weighted by atomic mass is 16.2. The number of carbonyl (C=O) groups is 1. The number of rotatable bonds is 5. The van der Waals surface area contributed by atoms with Gasteiger partial charge in [-0.25, -0.2) is 9.59 Å². The highest BCUT2D eigenvalue weighted by molar-refractivity contribution is 5.86. The monoisotopic (exact) mass is 231 g/mol. The summed E-state index contributed by atoms with van der Waals surface area (Å²) in [5.41, 5.74) is 3.13.